The third-order valence-corrected chi connectivity index (χ3v) is 5.11. The highest BCUT2D eigenvalue weighted by Gasteiger charge is 2.27. The van der Waals surface area contributed by atoms with Crippen LogP contribution in [-0.4, -0.2) is 48.0 Å². The minimum atomic E-state index is 0.106. The van der Waals surface area contributed by atoms with Crippen LogP contribution in [0.3, 0.4) is 0 Å². The minimum absolute atomic E-state index is 0.106. The highest BCUT2D eigenvalue weighted by molar-refractivity contribution is 5.95. The van der Waals surface area contributed by atoms with Crippen LogP contribution in [0.1, 0.15) is 34.9 Å². The van der Waals surface area contributed by atoms with Gasteiger partial charge in [0.15, 0.2) is 0 Å². The Labute approximate surface area is 153 Å². The van der Waals surface area contributed by atoms with E-state index in [2.05, 4.69) is 4.98 Å². The average Bonchev–Trinajstić information content (AvgIpc) is 3.12. The second kappa shape index (κ2) is 6.83. The van der Waals surface area contributed by atoms with Gasteiger partial charge in [0, 0.05) is 44.4 Å². The van der Waals surface area contributed by atoms with Gasteiger partial charge >= 0.3 is 0 Å². The normalized spacial score (nSPS) is 17.5. The zero-order valence-electron chi connectivity index (χ0n) is 15.3. The van der Waals surface area contributed by atoms with Crippen molar-refractivity contribution in [2.45, 2.75) is 18.8 Å². The van der Waals surface area contributed by atoms with Gasteiger partial charge in [0.1, 0.15) is 5.82 Å². The molecule has 0 aliphatic carbocycles. The summed E-state index contributed by atoms with van der Waals surface area (Å²) in [6.07, 6.45) is 2.06. The maximum Gasteiger partial charge on any atom is 0.253 e. The molecule has 2 heterocycles. The molecule has 1 aromatic heterocycles. The van der Waals surface area contributed by atoms with E-state index in [1.807, 2.05) is 72.4 Å². The molecule has 134 valence electrons. The minimum Gasteiger partial charge on any atom is -0.378 e. The van der Waals surface area contributed by atoms with Crippen molar-refractivity contribution in [1.29, 1.82) is 0 Å². The third-order valence-electron chi connectivity index (χ3n) is 5.11. The molecule has 0 bridgehead atoms. The largest absolute Gasteiger partial charge is 0.378 e. The van der Waals surface area contributed by atoms with E-state index in [9.17, 15) is 4.79 Å². The number of amides is 1. The second-order valence-electron chi connectivity index (χ2n) is 7.17. The Morgan fingerprint density at radius 2 is 2.04 bits per heavy atom. The van der Waals surface area contributed by atoms with Gasteiger partial charge in [-0.05, 0) is 43.2 Å². The van der Waals surface area contributed by atoms with E-state index >= 15 is 0 Å². The van der Waals surface area contributed by atoms with Crippen molar-refractivity contribution in [1.82, 2.24) is 14.9 Å². The number of likely N-dealkylation sites (tertiary alicyclic amines) is 1. The predicted molar refractivity (Wildman–Crippen MR) is 105 cm³/mol. The Morgan fingerprint density at radius 1 is 1.19 bits per heavy atom. The van der Waals surface area contributed by atoms with Crippen LogP contribution in [0.2, 0.25) is 0 Å². The van der Waals surface area contributed by atoms with Gasteiger partial charge in [-0.15, -0.1) is 0 Å². The highest BCUT2D eigenvalue weighted by atomic mass is 16.2. The van der Waals surface area contributed by atoms with E-state index in [1.54, 1.807) is 0 Å². The lowest BCUT2D eigenvalue weighted by Gasteiger charge is -2.32. The fourth-order valence-electron chi connectivity index (χ4n) is 3.65. The number of benzene rings is 2. The summed E-state index contributed by atoms with van der Waals surface area (Å²) in [6.45, 7) is 1.52. The molecule has 1 atom stereocenters. The molecule has 3 aromatic rings. The summed E-state index contributed by atoms with van der Waals surface area (Å²) in [5.74, 6) is 1.36. The summed E-state index contributed by atoms with van der Waals surface area (Å²) < 4.78 is 0. The number of para-hydroxylation sites is 2. The van der Waals surface area contributed by atoms with E-state index in [0.29, 0.717) is 6.54 Å². The van der Waals surface area contributed by atoms with E-state index in [0.717, 1.165) is 47.5 Å². The van der Waals surface area contributed by atoms with Crippen molar-refractivity contribution in [3.63, 3.8) is 0 Å². The van der Waals surface area contributed by atoms with Gasteiger partial charge in [0.2, 0.25) is 0 Å². The zero-order chi connectivity index (χ0) is 18.1. The van der Waals surface area contributed by atoms with Crippen LogP contribution in [0, 0.1) is 0 Å². The van der Waals surface area contributed by atoms with Gasteiger partial charge in [-0.2, -0.15) is 0 Å². The lowest BCUT2D eigenvalue weighted by Crippen LogP contribution is -2.39. The van der Waals surface area contributed by atoms with Gasteiger partial charge in [-0.1, -0.05) is 18.2 Å². The van der Waals surface area contributed by atoms with Crippen molar-refractivity contribution in [3.8, 4) is 0 Å². The number of carbonyl (C=O) groups is 1. The Bertz CT molecular complexity index is 897. The fourth-order valence-corrected chi connectivity index (χ4v) is 3.65. The van der Waals surface area contributed by atoms with Gasteiger partial charge in [-0.3, -0.25) is 4.79 Å². The first-order valence-electron chi connectivity index (χ1n) is 9.13. The molecule has 1 saturated heterocycles. The number of aromatic nitrogens is 2. The first-order chi connectivity index (χ1) is 12.6. The molecule has 26 heavy (non-hydrogen) atoms. The smallest absolute Gasteiger partial charge is 0.253 e. The number of H-pyrrole nitrogens is 1. The molecular weight excluding hydrogens is 324 g/mol. The number of rotatable bonds is 3. The number of piperidine rings is 1. The van der Waals surface area contributed by atoms with Crippen LogP contribution in [0.4, 0.5) is 5.69 Å². The SMILES string of the molecule is CN(C)c1cccc(C(=O)N2CCC[C@@H](c3nc4ccccc4[nH]3)C2)c1. The van der Waals surface area contributed by atoms with E-state index in [1.165, 1.54) is 0 Å². The Balaban J connectivity index is 1.54. The average molecular weight is 348 g/mol. The van der Waals surface area contributed by atoms with E-state index in [4.69, 9.17) is 4.98 Å². The number of imidazole rings is 1. The molecule has 2 aromatic carbocycles. The maximum absolute atomic E-state index is 13.0. The topological polar surface area (TPSA) is 52.2 Å². The number of nitrogens with one attached hydrogen (secondary N) is 1. The van der Waals surface area contributed by atoms with Crippen LogP contribution in [0.5, 0.6) is 0 Å². The lowest BCUT2D eigenvalue weighted by molar-refractivity contribution is 0.0705. The quantitative estimate of drug-likeness (QED) is 0.786. The number of aromatic amines is 1. The number of carbonyl (C=O) groups excluding carboxylic acids is 1. The predicted octanol–water partition coefficient (Wildman–Crippen LogP) is 3.65. The molecule has 0 saturated carbocycles. The Hall–Kier alpha value is -2.82. The van der Waals surface area contributed by atoms with Crippen molar-refractivity contribution in [2.24, 2.45) is 0 Å². The third kappa shape index (κ3) is 3.17. The van der Waals surface area contributed by atoms with Crippen molar-refractivity contribution < 1.29 is 4.79 Å². The van der Waals surface area contributed by atoms with Gasteiger partial charge < -0.3 is 14.8 Å². The Kier molecular flexibility index (Phi) is 4.37. The van der Waals surface area contributed by atoms with Crippen molar-refractivity contribution in [2.75, 3.05) is 32.1 Å². The summed E-state index contributed by atoms with van der Waals surface area (Å²) in [4.78, 5) is 25.2. The van der Waals surface area contributed by atoms with Gasteiger partial charge in [0.05, 0.1) is 11.0 Å². The fraction of sp³-hybridized carbons (Fsp3) is 0.333. The summed E-state index contributed by atoms with van der Waals surface area (Å²) in [7, 11) is 3.98. The molecule has 1 N–H and O–H groups in total. The molecule has 1 amide bonds. The highest BCUT2D eigenvalue weighted by Crippen LogP contribution is 2.28. The van der Waals surface area contributed by atoms with Gasteiger partial charge in [-0.25, -0.2) is 4.98 Å². The van der Waals surface area contributed by atoms with Crippen molar-refractivity contribution in [3.05, 3.63) is 59.9 Å². The maximum atomic E-state index is 13.0. The summed E-state index contributed by atoms with van der Waals surface area (Å²) >= 11 is 0. The number of fused-ring (bicyclic) bond motifs is 1. The number of nitrogens with zero attached hydrogens (tertiary/aromatic N) is 3. The molecule has 0 spiro atoms. The van der Waals surface area contributed by atoms with Crippen molar-refractivity contribution >= 4 is 22.6 Å². The molecule has 1 aliphatic rings. The zero-order valence-corrected chi connectivity index (χ0v) is 15.3. The molecule has 0 unspecified atom stereocenters. The van der Waals surface area contributed by atoms with Gasteiger partial charge in [0.25, 0.3) is 5.91 Å². The Morgan fingerprint density at radius 3 is 2.85 bits per heavy atom. The first-order valence-corrected chi connectivity index (χ1v) is 9.13. The van der Waals surface area contributed by atoms with Crippen LogP contribution in [0.25, 0.3) is 11.0 Å². The first kappa shape index (κ1) is 16.6. The molecule has 5 heteroatoms. The van der Waals surface area contributed by atoms with E-state index in [-0.39, 0.29) is 11.8 Å². The van der Waals surface area contributed by atoms with Crippen LogP contribution < -0.4 is 4.90 Å². The standard InChI is InChI=1S/C21H24N4O/c1-24(2)17-9-5-7-15(13-17)21(26)25-12-6-8-16(14-25)20-22-18-10-3-4-11-19(18)23-20/h3-5,7,9-11,13,16H,6,8,12,14H2,1-2H3,(H,22,23)/t16-/m1/s1. The summed E-state index contributed by atoms with van der Waals surface area (Å²) in [5.41, 5.74) is 3.84. The van der Waals surface area contributed by atoms with Crippen LogP contribution in [-0.2, 0) is 0 Å². The molecule has 4 rings (SSSR count). The monoisotopic (exact) mass is 348 g/mol. The number of anilines is 1. The van der Waals surface area contributed by atoms with Crippen LogP contribution in [0.15, 0.2) is 48.5 Å². The molecule has 5 nitrogen and oxygen atoms in total. The molecule has 1 aliphatic heterocycles. The summed E-state index contributed by atoms with van der Waals surface area (Å²) in [6, 6.07) is 15.9. The van der Waals surface area contributed by atoms with E-state index < -0.39 is 0 Å². The van der Waals surface area contributed by atoms with Crippen LogP contribution >= 0.6 is 0 Å². The molecule has 1 fully saturated rings. The number of hydrogen-bond acceptors (Lipinski definition) is 3. The second-order valence-corrected chi connectivity index (χ2v) is 7.17. The number of hydrogen-bond donors (Lipinski definition) is 1. The lowest BCUT2D eigenvalue weighted by atomic mass is 9.96. The summed E-state index contributed by atoms with van der Waals surface area (Å²) in [5, 5.41) is 0. The molecular formula is C21H24N4O. The molecule has 0 radical (unpaired) electrons.